The largest absolute Gasteiger partial charge is 0.399 e. The van der Waals surface area contributed by atoms with Gasteiger partial charge in [-0.2, -0.15) is 0 Å². The number of rotatable bonds is 3. The SMILES string of the molecule is CC1OCCC1CNc1cc(N)cc(Cl)n1. The van der Waals surface area contributed by atoms with E-state index in [1.807, 2.05) is 0 Å². The maximum absolute atomic E-state index is 5.82. The zero-order valence-electron chi connectivity index (χ0n) is 9.24. The number of pyridine rings is 1. The summed E-state index contributed by atoms with van der Waals surface area (Å²) in [6.45, 7) is 3.78. The molecular weight excluding hydrogens is 226 g/mol. The highest BCUT2D eigenvalue weighted by molar-refractivity contribution is 6.29. The maximum Gasteiger partial charge on any atom is 0.133 e. The lowest BCUT2D eigenvalue weighted by atomic mass is 10.0. The lowest BCUT2D eigenvalue weighted by Crippen LogP contribution is -2.21. The van der Waals surface area contributed by atoms with Crippen LogP contribution in [0, 0.1) is 5.92 Å². The van der Waals surface area contributed by atoms with Crippen LogP contribution in [0.4, 0.5) is 11.5 Å². The monoisotopic (exact) mass is 241 g/mol. The minimum absolute atomic E-state index is 0.309. The molecule has 0 saturated carbocycles. The normalized spacial score (nSPS) is 24.6. The first-order chi connectivity index (χ1) is 7.65. The van der Waals surface area contributed by atoms with E-state index < -0.39 is 0 Å². The van der Waals surface area contributed by atoms with Crippen molar-refractivity contribution in [2.45, 2.75) is 19.4 Å². The van der Waals surface area contributed by atoms with E-state index >= 15 is 0 Å². The van der Waals surface area contributed by atoms with Crippen LogP contribution >= 0.6 is 11.6 Å². The molecular formula is C11H16ClN3O. The smallest absolute Gasteiger partial charge is 0.133 e. The fraction of sp³-hybridized carbons (Fsp3) is 0.545. The Balaban J connectivity index is 1.94. The Bertz CT molecular complexity index is 352. The summed E-state index contributed by atoms with van der Waals surface area (Å²) in [5, 5.41) is 3.66. The van der Waals surface area contributed by atoms with Crippen molar-refractivity contribution in [1.82, 2.24) is 4.98 Å². The fourth-order valence-electron chi connectivity index (χ4n) is 1.89. The molecule has 1 aromatic rings. The van der Waals surface area contributed by atoms with Crippen molar-refractivity contribution in [3.63, 3.8) is 0 Å². The average Bonchev–Trinajstić information content (AvgIpc) is 2.59. The number of hydrogen-bond acceptors (Lipinski definition) is 4. The summed E-state index contributed by atoms with van der Waals surface area (Å²) in [5.41, 5.74) is 6.30. The molecule has 1 saturated heterocycles. The van der Waals surface area contributed by atoms with Crippen molar-refractivity contribution in [2.75, 3.05) is 24.2 Å². The highest BCUT2D eigenvalue weighted by atomic mass is 35.5. The van der Waals surface area contributed by atoms with Gasteiger partial charge in [0, 0.05) is 30.8 Å². The molecule has 3 N–H and O–H groups in total. The number of hydrogen-bond donors (Lipinski definition) is 2. The zero-order chi connectivity index (χ0) is 11.5. The first-order valence-corrected chi connectivity index (χ1v) is 5.81. The predicted molar refractivity (Wildman–Crippen MR) is 65.7 cm³/mol. The molecule has 1 fully saturated rings. The number of nitrogens with one attached hydrogen (secondary N) is 1. The molecule has 0 bridgehead atoms. The summed E-state index contributed by atoms with van der Waals surface area (Å²) in [6, 6.07) is 3.42. The second-order valence-electron chi connectivity index (χ2n) is 4.11. The van der Waals surface area contributed by atoms with Crippen LogP contribution in [0.2, 0.25) is 5.15 Å². The summed E-state index contributed by atoms with van der Waals surface area (Å²) < 4.78 is 5.49. The summed E-state index contributed by atoms with van der Waals surface area (Å²) in [5.74, 6) is 1.26. The van der Waals surface area contributed by atoms with Crippen LogP contribution in [0.3, 0.4) is 0 Å². The molecule has 0 amide bonds. The molecule has 88 valence electrons. The maximum atomic E-state index is 5.82. The molecule has 2 atom stereocenters. The van der Waals surface area contributed by atoms with E-state index in [2.05, 4.69) is 17.2 Å². The minimum atomic E-state index is 0.309. The Kier molecular flexibility index (Phi) is 3.51. The number of nitrogens with two attached hydrogens (primary N) is 1. The average molecular weight is 242 g/mol. The first-order valence-electron chi connectivity index (χ1n) is 5.43. The molecule has 1 aliphatic rings. The van der Waals surface area contributed by atoms with Crippen molar-refractivity contribution < 1.29 is 4.74 Å². The zero-order valence-corrected chi connectivity index (χ0v) is 10.00. The van der Waals surface area contributed by atoms with E-state index in [-0.39, 0.29) is 0 Å². The molecule has 2 unspecified atom stereocenters. The predicted octanol–water partition coefficient (Wildman–Crippen LogP) is 2.15. The molecule has 1 aliphatic heterocycles. The van der Waals surface area contributed by atoms with E-state index in [1.54, 1.807) is 12.1 Å². The highest BCUT2D eigenvalue weighted by Gasteiger charge is 2.23. The Morgan fingerprint density at radius 2 is 2.44 bits per heavy atom. The number of nitrogens with zero attached hydrogens (tertiary/aromatic N) is 1. The van der Waals surface area contributed by atoms with E-state index in [1.165, 1.54) is 0 Å². The summed E-state index contributed by atoms with van der Waals surface area (Å²) >= 11 is 5.82. The number of halogens is 1. The molecule has 0 aromatic carbocycles. The number of aromatic nitrogens is 1. The van der Waals surface area contributed by atoms with Gasteiger partial charge in [-0.15, -0.1) is 0 Å². The van der Waals surface area contributed by atoms with Gasteiger partial charge in [-0.3, -0.25) is 0 Å². The highest BCUT2D eigenvalue weighted by Crippen LogP contribution is 2.22. The van der Waals surface area contributed by atoms with E-state index in [0.717, 1.165) is 25.4 Å². The van der Waals surface area contributed by atoms with Gasteiger partial charge < -0.3 is 15.8 Å². The molecule has 2 rings (SSSR count). The molecule has 1 aromatic heterocycles. The molecule has 2 heterocycles. The number of anilines is 2. The van der Waals surface area contributed by atoms with Gasteiger partial charge in [0.1, 0.15) is 11.0 Å². The van der Waals surface area contributed by atoms with Crippen molar-refractivity contribution >= 4 is 23.1 Å². The van der Waals surface area contributed by atoms with Crippen LogP contribution in [0.5, 0.6) is 0 Å². The second-order valence-corrected chi connectivity index (χ2v) is 4.50. The number of ether oxygens (including phenoxy) is 1. The minimum Gasteiger partial charge on any atom is -0.399 e. The second kappa shape index (κ2) is 4.89. The van der Waals surface area contributed by atoms with Gasteiger partial charge in [-0.25, -0.2) is 4.98 Å². The Morgan fingerprint density at radius 1 is 1.62 bits per heavy atom. The quantitative estimate of drug-likeness (QED) is 0.797. The molecule has 16 heavy (non-hydrogen) atoms. The Labute approximate surface area is 100 Å². The van der Waals surface area contributed by atoms with Gasteiger partial charge in [0.25, 0.3) is 0 Å². The van der Waals surface area contributed by atoms with Gasteiger partial charge >= 0.3 is 0 Å². The number of nitrogen functional groups attached to an aromatic ring is 1. The van der Waals surface area contributed by atoms with Gasteiger partial charge in [0.15, 0.2) is 0 Å². The Hall–Kier alpha value is -1.00. The van der Waals surface area contributed by atoms with Gasteiger partial charge in [-0.05, 0) is 19.4 Å². The molecule has 5 heteroatoms. The van der Waals surface area contributed by atoms with Crippen LogP contribution in [-0.4, -0.2) is 24.2 Å². The van der Waals surface area contributed by atoms with E-state index in [0.29, 0.717) is 22.9 Å². The van der Waals surface area contributed by atoms with Crippen molar-refractivity contribution in [3.05, 3.63) is 17.3 Å². The molecule has 0 aliphatic carbocycles. The van der Waals surface area contributed by atoms with Gasteiger partial charge in [-0.1, -0.05) is 11.6 Å². The Morgan fingerprint density at radius 3 is 3.06 bits per heavy atom. The summed E-state index contributed by atoms with van der Waals surface area (Å²) in [6.07, 6.45) is 1.40. The first kappa shape index (κ1) is 11.5. The topological polar surface area (TPSA) is 60.2 Å². The van der Waals surface area contributed by atoms with Crippen LogP contribution < -0.4 is 11.1 Å². The van der Waals surface area contributed by atoms with Gasteiger partial charge in [0.2, 0.25) is 0 Å². The van der Waals surface area contributed by atoms with Crippen molar-refractivity contribution in [3.8, 4) is 0 Å². The fourth-order valence-corrected chi connectivity index (χ4v) is 2.10. The third-order valence-electron chi connectivity index (χ3n) is 2.90. The standard InChI is InChI=1S/C11H16ClN3O/c1-7-8(2-3-16-7)6-14-11-5-9(13)4-10(12)15-11/h4-5,7-8H,2-3,6H2,1H3,(H3,13,14,15). The molecule has 0 spiro atoms. The van der Waals surface area contributed by atoms with Crippen LogP contribution in [0.25, 0.3) is 0 Å². The lowest BCUT2D eigenvalue weighted by Gasteiger charge is -2.15. The van der Waals surface area contributed by atoms with Crippen molar-refractivity contribution in [2.24, 2.45) is 5.92 Å². The third kappa shape index (κ3) is 2.77. The summed E-state index contributed by atoms with van der Waals surface area (Å²) in [7, 11) is 0. The van der Waals surface area contributed by atoms with E-state index in [9.17, 15) is 0 Å². The van der Waals surface area contributed by atoms with Gasteiger partial charge in [0.05, 0.1) is 6.10 Å². The summed E-state index contributed by atoms with van der Waals surface area (Å²) in [4.78, 5) is 4.15. The van der Waals surface area contributed by atoms with Crippen molar-refractivity contribution in [1.29, 1.82) is 0 Å². The molecule has 4 nitrogen and oxygen atoms in total. The van der Waals surface area contributed by atoms with E-state index in [4.69, 9.17) is 22.1 Å². The van der Waals surface area contributed by atoms with Crippen LogP contribution in [-0.2, 0) is 4.74 Å². The van der Waals surface area contributed by atoms with Crippen LogP contribution in [0.15, 0.2) is 12.1 Å². The van der Waals surface area contributed by atoms with Crippen LogP contribution in [0.1, 0.15) is 13.3 Å². The third-order valence-corrected chi connectivity index (χ3v) is 3.09. The molecule has 0 radical (unpaired) electrons. The lowest BCUT2D eigenvalue weighted by molar-refractivity contribution is 0.108.